The Balaban J connectivity index is 1.34. The van der Waals surface area contributed by atoms with Crippen LogP contribution in [0, 0.1) is 0 Å². The molecule has 0 saturated heterocycles. The van der Waals surface area contributed by atoms with Gasteiger partial charge in [-0.1, -0.05) is 66.8 Å². The number of furan rings is 1. The van der Waals surface area contributed by atoms with Crippen molar-refractivity contribution in [1.29, 1.82) is 0 Å². The highest BCUT2D eigenvalue weighted by molar-refractivity contribution is 7.15. The third-order valence-electron chi connectivity index (χ3n) is 5.60. The molecule has 0 unspecified atom stereocenters. The van der Waals surface area contributed by atoms with Gasteiger partial charge >= 0.3 is 0 Å². The maximum Gasteiger partial charge on any atom is 0.230 e. The largest absolute Gasteiger partial charge is 0.461 e. The van der Waals surface area contributed by atoms with Gasteiger partial charge < -0.3 is 9.73 Å². The van der Waals surface area contributed by atoms with Crippen LogP contribution in [0.4, 0.5) is 5.13 Å². The zero-order valence-corrected chi connectivity index (χ0v) is 17.0. The number of fused-ring (bicyclic) bond motifs is 1. The monoisotopic (exact) mass is 403 g/mol. The molecule has 29 heavy (non-hydrogen) atoms. The van der Waals surface area contributed by atoms with Gasteiger partial charge in [0.25, 0.3) is 0 Å². The first-order chi connectivity index (χ1) is 14.2. The second kappa shape index (κ2) is 7.12. The summed E-state index contributed by atoms with van der Waals surface area (Å²) in [5, 5.41) is 14.1. The molecule has 0 radical (unpaired) electrons. The number of hydrogen-bond donors (Lipinski definition) is 1. The maximum atomic E-state index is 12.7. The number of rotatable bonds is 6. The summed E-state index contributed by atoms with van der Waals surface area (Å²) in [5.74, 6) is 0.763. The number of carbonyl (C=O) groups is 1. The van der Waals surface area contributed by atoms with Crippen LogP contribution in [0.25, 0.3) is 11.0 Å². The van der Waals surface area contributed by atoms with Gasteiger partial charge in [-0.15, -0.1) is 10.2 Å². The van der Waals surface area contributed by atoms with Crippen LogP contribution >= 0.6 is 11.3 Å². The molecule has 1 N–H and O–H groups in total. The number of anilines is 1. The molecule has 5 rings (SSSR count). The Hall–Kier alpha value is -2.99. The van der Waals surface area contributed by atoms with E-state index in [1.54, 1.807) is 0 Å². The van der Waals surface area contributed by atoms with Crippen molar-refractivity contribution in [3.8, 4) is 0 Å². The molecule has 4 aromatic rings. The second-order valence-electron chi connectivity index (χ2n) is 7.44. The van der Waals surface area contributed by atoms with E-state index in [2.05, 4.69) is 39.8 Å². The van der Waals surface area contributed by atoms with Gasteiger partial charge in [-0.05, 0) is 24.5 Å². The number of aryl methyl sites for hydroxylation is 1. The Bertz CT molecular complexity index is 1180. The fourth-order valence-electron chi connectivity index (χ4n) is 3.93. The normalized spacial score (nSPS) is 14.8. The number of amides is 1. The predicted octanol–water partition coefficient (Wildman–Crippen LogP) is 5.11. The fourth-order valence-corrected chi connectivity index (χ4v) is 4.96. The maximum absolute atomic E-state index is 12.7. The first-order valence-electron chi connectivity index (χ1n) is 9.88. The zero-order chi connectivity index (χ0) is 19.8. The number of carbonyl (C=O) groups excluding carboxylic acids is 1. The van der Waals surface area contributed by atoms with E-state index >= 15 is 0 Å². The van der Waals surface area contributed by atoms with Crippen LogP contribution < -0.4 is 5.32 Å². The van der Waals surface area contributed by atoms with E-state index in [0.29, 0.717) is 5.13 Å². The van der Waals surface area contributed by atoms with Crippen molar-refractivity contribution in [3.05, 3.63) is 76.5 Å². The highest BCUT2D eigenvalue weighted by Gasteiger charge is 2.48. The highest BCUT2D eigenvalue weighted by Crippen LogP contribution is 2.54. The van der Waals surface area contributed by atoms with Crippen molar-refractivity contribution in [2.75, 3.05) is 5.32 Å². The number of nitrogens with one attached hydrogen (secondary N) is 1. The summed E-state index contributed by atoms with van der Waals surface area (Å²) in [6.45, 7) is 2.04. The van der Waals surface area contributed by atoms with E-state index < -0.39 is 0 Å². The van der Waals surface area contributed by atoms with Gasteiger partial charge in [0.05, 0.1) is 6.42 Å². The summed E-state index contributed by atoms with van der Waals surface area (Å²) >= 11 is 1.47. The van der Waals surface area contributed by atoms with E-state index in [1.165, 1.54) is 16.9 Å². The van der Waals surface area contributed by atoms with Crippen LogP contribution in [0.15, 0.2) is 59.0 Å². The van der Waals surface area contributed by atoms with Crippen LogP contribution in [0.3, 0.4) is 0 Å². The van der Waals surface area contributed by atoms with Crippen LogP contribution in [-0.4, -0.2) is 16.1 Å². The van der Waals surface area contributed by atoms with E-state index in [1.807, 2.05) is 37.3 Å². The molecular weight excluding hydrogens is 382 g/mol. The number of nitrogens with zero attached hydrogens (tertiary/aromatic N) is 2. The van der Waals surface area contributed by atoms with Gasteiger partial charge in [0, 0.05) is 22.8 Å². The lowest BCUT2D eigenvalue weighted by Crippen LogP contribution is -2.14. The lowest BCUT2D eigenvalue weighted by atomic mass is 9.97. The van der Waals surface area contributed by atoms with Crippen LogP contribution in [0.2, 0.25) is 0 Å². The van der Waals surface area contributed by atoms with Gasteiger partial charge in [-0.2, -0.15) is 0 Å². The Morgan fingerprint density at radius 2 is 1.86 bits per heavy atom. The predicted molar refractivity (Wildman–Crippen MR) is 114 cm³/mol. The standard InChI is InChI=1S/C23H21N3O2S/c1-2-18-17(16-10-6-7-11-19(16)28-18)14-20(27)24-22-26-25-21(29-22)23(12-13-23)15-8-4-3-5-9-15/h3-11H,2,12-14H2,1H3,(H,24,26,27). The molecule has 2 heterocycles. The third kappa shape index (κ3) is 3.23. The van der Waals surface area contributed by atoms with E-state index in [4.69, 9.17) is 4.42 Å². The fraction of sp³-hybridized carbons (Fsp3) is 0.261. The van der Waals surface area contributed by atoms with Gasteiger partial charge in [0.15, 0.2) is 0 Å². The molecule has 0 spiro atoms. The van der Waals surface area contributed by atoms with Crippen LogP contribution in [-0.2, 0) is 23.1 Å². The molecule has 1 saturated carbocycles. The Morgan fingerprint density at radius 3 is 2.62 bits per heavy atom. The highest BCUT2D eigenvalue weighted by atomic mass is 32.1. The number of para-hydroxylation sites is 1. The van der Waals surface area contributed by atoms with Gasteiger partial charge in [-0.25, -0.2) is 0 Å². The first kappa shape index (κ1) is 18.1. The molecule has 1 amide bonds. The lowest BCUT2D eigenvalue weighted by Gasteiger charge is -2.11. The van der Waals surface area contributed by atoms with Crippen molar-refractivity contribution < 1.29 is 9.21 Å². The molecule has 0 bridgehead atoms. The second-order valence-corrected chi connectivity index (χ2v) is 8.42. The van der Waals surface area contributed by atoms with Gasteiger partial charge in [0.2, 0.25) is 11.0 Å². The molecular formula is C23H21N3O2S. The third-order valence-corrected chi connectivity index (χ3v) is 6.64. The molecule has 0 atom stereocenters. The molecule has 1 aliphatic carbocycles. The van der Waals surface area contributed by atoms with Crippen LogP contribution in [0.5, 0.6) is 0 Å². The minimum atomic E-state index is -0.0986. The van der Waals surface area contributed by atoms with Gasteiger partial charge in [0.1, 0.15) is 16.4 Å². The summed E-state index contributed by atoms with van der Waals surface area (Å²) in [7, 11) is 0. The minimum Gasteiger partial charge on any atom is -0.461 e. The molecule has 146 valence electrons. The number of benzene rings is 2. The van der Waals surface area contributed by atoms with Crippen molar-refractivity contribution >= 4 is 33.3 Å². The SMILES string of the molecule is CCc1oc2ccccc2c1CC(=O)Nc1nnc(C2(c3ccccc3)CC2)s1. The van der Waals surface area contributed by atoms with E-state index in [-0.39, 0.29) is 17.7 Å². The molecule has 2 aromatic heterocycles. The summed E-state index contributed by atoms with van der Waals surface area (Å²) in [5.41, 5.74) is 3.02. The zero-order valence-electron chi connectivity index (χ0n) is 16.1. The minimum absolute atomic E-state index is 0.0297. The molecule has 0 aliphatic heterocycles. The average Bonchev–Trinajstić information content (AvgIpc) is 3.31. The number of hydrogen-bond acceptors (Lipinski definition) is 5. The Morgan fingerprint density at radius 1 is 1.10 bits per heavy atom. The van der Waals surface area contributed by atoms with Crippen LogP contribution in [0.1, 0.15) is 41.7 Å². The topological polar surface area (TPSA) is 68.0 Å². The number of aromatic nitrogens is 2. The van der Waals surface area contributed by atoms with Gasteiger partial charge in [-0.3, -0.25) is 4.79 Å². The summed E-state index contributed by atoms with van der Waals surface area (Å²) in [6.07, 6.45) is 3.15. The smallest absolute Gasteiger partial charge is 0.230 e. The molecule has 6 heteroatoms. The average molecular weight is 404 g/mol. The summed E-state index contributed by atoms with van der Waals surface area (Å²) in [6, 6.07) is 18.3. The lowest BCUT2D eigenvalue weighted by molar-refractivity contribution is -0.115. The van der Waals surface area contributed by atoms with E-state index in [9.17, 15) is 4.79 Å². The molecule has 5 nitrogen and oxygen atoms in total. The summed E-state index contributed by atoms with van der Waals surface area (Å²) < 4.78 is 5.90. The first-order valence-corrected chi connectivity index (χ1v) is 10.7. The van der Waals surface area contributed by atoms with Crippen molar-refractivity contribution in [1.82, 2.24) is 10.2 Å². The summed E-state index contributed by atoms with van der Waals surface area (Å²) in [4.78, 5) is 12.7. The molecule has 1 aliphatic rings. The Labute approximate surface area is 172 Å². The van der Waals surface area contributed by atoms with E-state index in [0.717, 1.165) is 46.6 Å². The van der Waals surface area contributed by atoms with Crippen molar-refractivity contribution in [2.24, 2.45) is 0 Å². The quantitative estimate of drug-likeness (QED) is 0.486. The van der Waals surface area contributed by atoms with Crippen molar-refractivity contribution in [3.63, 3.8) is 0 Å². The Kier molecular flexibility index (Phi) is 4.43. The molecule has 2 aromatic carbocycles. The van der Waals surface area contributed by atoms with Crippen molar-refractivity contribution in [2.45, 2.75) is 38.0 Å². The molecule has 1 fully saturated rings.